The fourth-order valence-corrected chi connectivity index (χ4v) is 8.41. The maximum atomic E-state index is 13.5. The van der Waals surface area contributed by atoms with E-state index in [0.717, 1.165) is 32.1 Å². The first-order valence-electron chi connectivity index (χ1n) is 14.2. The molecule has 37 heavy (non-hydrogen) atoms. The highest BCUT2D eigenvalue weighted by molar-refractivity contribution is 5.88. The molecule has 1 saturated heterocycles. The summed E-state index contributed by atoms with van der Waals surface area (Å²) in [7, 11) is 0. The number of ketones is 2. The Hall–Kier alpha value is -1.96. The van der Waals surface area contributed by atoms with Crippen molar-refractivity contribution in [2.75, 3.05) is 19.7 Å². The number of nitrogens with zero attached hydrogens (tertiary/aromatic N) is 1. The predicted octanol–water partition coefficient (Wildman–Crippen LogP) is 4.32. The van der Waals surface area contributed by atoms with Crippen LogP contribution >= 0.6 is 0 Å². The number of ether oxygens (including phenoxy) is 3. The first kappa shape index (κ1) is 26.6. The standard InChI is InChI=1S/C29H43NO7/c1-27(2,3)37-26(34)30-12-13-35-23(16-30)25(33)36-17-8-10-28(4)20-9-11-29(5)19(6-7-24(29)32)18(20)15-22(31)21(28)14-17/h17-21,23H,6-16H2,1-5H3/t17-,18-,19-,20-,21+,23+,28+,29-/m0/s1. The fourth-order valence-electron chi connectivity index (χ4n) is 8.41. The van der Waals surface area contributed by atoms with Gasteiger partial charge in [0.05, 0.1) is 13.2 Å². The third kappa shape index (κ3) is 4.72. The van der Waals surface area contributed by atoms with Crippen LogP contribution in [0.4, 0.5) is 4.79 Å². The molecule has 4 saturated carbocycles. The van der Waals surface area contributed by atoms with Crippen LogP contribution in [0.2, 0.25) is 0 Å². The summed E-state index contributed by atoms with van der Waals surface area (Å²) in [4.78, 5) is 53.2. The van der Waals surface area contributed by atoms with Gasteiger partial charge in [0.2, 0.25) is 0 Å². The summed E-state index contributed by atoms with van der Waals surface area (Å²) in [5.74, 6) is 1.15. The lowest BCUT2D eigenvalue weighted by atomic mass is 9.45. The summed E-state index contributed by atoms with van der Waals surface area (Å²) in [5, 5.41) is 0. The van der Waals surface area contributed by atoms with E-state index < -0.39 is 23.8 Å². The highest BCUT2D eigenvalue weighted by Crippen LogP contribution is 2.64. The van der Waals surface area contributed by atoms with Gasteiger partial charge in [0.15, 0.2) is 6.10 Å². The van der Waals surface area contributed by atoms with E-state index in [2.05, 4.69) is 13.8 Å². The highest BCUT2D eigenvalue weighted by atomic mass is 16.6. The van der Waals surface area contributed by atoms with Crippen molar-refractivity contribution in [2.45, 2.75) is 104 Å². The molecule has 5 rings (SSSR count). The van der Waals surface area contributed by atoms with Gasteiger partial charge in [-0.2, -0.15) is 0 Å². The number of carbonyl (C=O) groups is 4. The van der Waals surface area contributed by atoms with Gasteiger partial charge in [0, 0.05) is 30.7 Å². The zero-order valence-electron chi connectivity index (χ0n) is 23.0. The number of Topliss-reactive ketones (excluding diaryl/α,β-unsaturated/α-hetero) is 2. The molecule has 5 aliphatic rings. The van der Waals surface area contributed by atoms with Gasteiger partial charge in [0.1, 0.15) is 23.3 Å². The molecule has 0 spiro atoms. The topological polar surface area (TPSA) is 99.2 Å². The number of esters is 1. The lowest BCUT2D eigenvalue weighted by Crippen LogP contribution is -2.57. The normalized spacial score (nSPS) is 41.9. The molecule has 1 aliphatic heterocycles. The smallest absolute Gasteiger partial charge is 0.410 e. The monoisotopic (exact) mass is 517 g/mol. The first-order valence-corrected chi connectivity index (χ1v) is 14.2. The number of amides is 1. The molecule has 0 aromatic rings. The maximum absolute atomic E-state index is 13.5. The Bertz CT molecular complexity index is 972. The van der Waals surface area contributed by atoms with E-state index in [1.54, 1.807) is 0 Å². The van der Waals surface area contributed by atoms with Crippen LogP contribution in [0, 0.1) is 34.5 Å². The van der Waals surface area contributed by atoms with E-state index in [0.29, 0.717) is 49.3 Å². The van der Waals surface area contributed by atoms with E-state index in [1.165, 1.54) is 4.90 Å². The fraction of sp³-hybridized carbons (Fsp3) is 0.862. The number of rotatable bonds is 2. The quantitative estimate of drug-likeness (QED) is 0.503. The molecular formula is C29H43NO7. The molecule has 0 aromatic carbocycles. The second-order valence-electron chi connectivity index (χ2n) is 13.6. The third-order valence-corrected chi connectivity index (χ3v) is 10.4. The zero-order valence-corrected chi connectivity index (χ0v) is 23.0. The second kappa shape index (κ2) is 9.35. The Balaban J connectivity index is 1.21. The number of hydrogen-bond donors (Lipinski definition) is 0. The van der Waals surface area contributed by atoms with Crippen molar-refractivity contribution in [3.8, 4) is 0 Å². The van der Waals surface area contributed by atoms with Gasteiger partial charge in [-0.1, -0.05) is 13.8 Å². The van der Waals surface area contributed by atoms with Crippen LogP contribution in [0.15, 0.2) is 0 Å². The Kier molecular flexibility index (Phi) is 6.73. The molecule has 0 unspecified atom stereocenters. The van der Waals surface area contributed by atoms with Crippen LogP contribution in [0.1, 0.15) is 86.0 Å². The average molecular weight is 518 g/mol. The lowest BCUT2D eigenvalue weighted by Gasteiger charge is -2.59. The van der Waals surface area contributed by atoms with Crippen LogP contribution in [0.25, 0.3) is 0 Å². The van der Waals surface area contributed by atoms with Crippen molar-refractivity contribution in [2.24, 2.45) is 34.5 Å². The Morgan fingerprint density at radius 3 is 2.54 bits per heavy atom. The molecule has 206 valence electrons. The molecule has 5 fully saturated rings. The molecule has 0 N–H and O–H groups in total. The Morgan fingerprint density at radius 1 is 1.05 bits per heavy atom. The summed E-state index contributed by atoms with van der Waals surface area (Å²) >= 11 is 0. The molecule has 1 amide bonds. The molecule has 0 aromatic heterocycles. The lowest BCUT2D eigenvalue weighted by molar-refractivity contribution is -0.179. The van der Waals surface area contributed by atoms with Crippen LogP contribution in [-0.4, -0.2) is 66.0 Å². The van der Waals surface area contributed by atoms with Crippen molar-refractivity contribution < 1.29 is 33.4 Å². The van der Waals surface area contributed by atoms with E-state index in [-0.39, 0.29) is 41.8 Å². The average Bonchev–Trinajstić information content (AvgIpc) is 3.13. The maximum Gasteiger partial charge on any atom is 0.410 e. The minimum Gasteiger partial charge on any atom is -0.460 e. The minimum atomic E-state index is -0.850. The van der Waals surface area contributed by atoms with Crippen molar-refractivity contribution in [3.05, 3.63) is 0 Å². The molecule has 1 heterocycles. The van der Waals surface area contributed by atoms with E-state index in [1.807, 2.05) is 20.8 Å². The van der Waals surface area contributed by atoms with Crippen molar-refractivity contribution in [1.82, 2.24) is 4.90 Å². The zero-order chi connectivity index (χ0) is 26.8. The number of carbonyl (C=O) groups excluding carboxylic acids is 4. The summed E-state index contributed by atoms with van der Waals surface area (Å²) in [6, 6.07) is 0. The van der Waals surface area contributed by atoms with Gasteiger partial charge >= 0.3 is 12.1 Å². The molecule has 0 bridgehead atoms. The van der Waals surface area contributed by atoms with Crippen LogP contribution in [0.3, 0.4) is 0 Å². The van der Waals surface area contributed by atoms with Crippen molar-refractivity contribution in [3.63, 3.8) is 0 Å². The number of fused-ring (bicyclic) bond motifs is 5. The minimum absolute atomic E-state index is 0.100. The largest absolute Gasteiger partial charge is 0.460 e. The molecule has 8 heteroatoms. The Morgan fingerprint density at radius 2 is 1.81 bits per heavy atom. The van der Waals surface area contributed by atoms with E-state index in [4.69, 9.17) is 14.2 Å². The van der Waals surface area contributed by atoms with Gasteiger partial charge in [0.25, 0.3) is 0 Å². The summed E-state index contributed by atoms with van der Waals surface area (Å²) in [6.45, 7) is 10.5. The van der Waals surface area contributed by atoms with Gasteiger partial charge < -0.3 is 19.1 Å². The van der Waals surface area contributed by atoms with Gasteiger partial charge in [-0.3, -0.25) is 9.59 Å². The molecular weight excluding hydrogens is 474 g/mol. The number of morpholine rings is 1. The summed E-state index contributed by atoms with van der Waals surface area (Å²) in [5.41, 5.74) is -0.967. The van der Waals surface area contributed by atoms with Crippen molar-refractivity contribution >= 4 is 23.6 Å². The summed E-state index contributed by atoms with van der Waals surface area (Å²) < 4.78 is 17.0. The third-order valence-electron chi connectivity index (χ3n) is 10.4. The highest BCUT2D eigenvalue weighted by Gasteiger charge is 2.62. The molecule has 8 nitrogen and oxygen atoms in total. The van der Waals surface area contributed by atoms with Gasteiger partial charge in [-0.15, -0.1) is 0 Å². The van der Waals surface area contributed by atoms with E-state index >= 15 is 0 Å². The van der Waals surface area contributed by atoms with Crippen LogP contribution in [0.5, 0.6) is 0 Å². The molecule has 8 atom stereocenters. The SMILES string of the molecule is CC(C)(C)OC(=O)N1CCO[C@@H](C(=O)O[C@H]2CC[C@@]3(C)[C@H](C2)C(=O)C[C@@H]2[C@@H]3CC[C@]3(C)C(=O)CC[C@@H]23)C1. The van der Waals surface area contributed by atoms with Gasteiger partial charge in [-0.05, 0) is 82.5 Å². The summed E-state index contributed by atoms with van der Waals surface area (Å²) in [6.07, 6.45) is 4.54. The van der Waals surface area contributed by atoms with Crippen molar-refractivity contribution in [1.29, 1.82) is 0 Å². The van der Waals surface area contributed by atoms with E-state index in [9.17, 15) is 19.2 Å². The van der Waals surface area contributed by atoms with Crippen LogP contribution in [-0.2, 0) is 28.6 Å². The molecule has 0 radical (unpaired) electrons. The number of hydrogen-bond acceptors (Lipinski definition) is 7. The Labute approximate surface area is 220 Å². The molecule has 4 aliphatic carbocycles. The predicted molar refractivity (Wildman–Crippen MR) is 135 cm³/mol. The first-order chi connectivity index (χ1) is 17.3. The second-order valence-corrected chi connectivity index (χ2v) is 13.6. The van der Waals surface area contributed by atoms with Gasteiger partial charge in [-0.25, -0.2) is 9.59 Å². The van der Waals surface area contributed by atoms with Crippen LogP contribution < -0.4 is 0 Å².